The van der Waals surface area contributed by atoms with Crippen molar-refractivity contribution in [1.29, 1.82) is 0 Å². The summed E-state index contributed by atoms with van der Waals surface area (Å²) in [5.74, 6) is 0.203. The van der Waals surface area contributed by atoms with Gasteiger partial charge in [0.1, 0.15) is 11.6 Å². The molecule has 1 aromatic carbocycles. The fourth-order valence-electron chi connectivity index (χ4n) is 1.14. The lowest BCUT2D eigenvalue weighted by Crippen LogP contribution is -2.03. The van der Waals surface area contributed by atoms with Gasteiger partial charge in [-0.05, 0) is 25.5 Å². The van der Waals surface area contributed by atoms with Crippen molar-refractivity contribution in [2.75, 3.05) is 12.5 Å². The Balaban J connectivity index is 2.82. The molecule has 2 nitrogen and oxygen atoms in total. The molecular weight excluding hydrogens is 219 g/mol. The third kappa shape index (κ3) is 3.51. The summed E-state index contributed by atoms with van der Waals surface area (Å²) in [5, 5.41) is 0. The molecule has 0 bridgehead atoms. The number of ketones is 1. The number of ether oxygens (including phenoxy) is 1. The maximum absolute atomic E-state index is 12.9. The maximum Gasteiger partial charge on any atom is 0.163 e. The third-order valence-corrected chi connectivity index (χ3v) is 2.13. The molecular formula is C11H12ClFO2. The Morgan fingerprint density at radius 2 is 2.27 bits per heavy atom. The van der Waals surface area contributed by atoms with Crippen molar-refractivity contribution in [1.82, 2.24) is 0 Å². The topological polar surface area (TPSA) is 26.3 Å². The first kappa shape index (κ1) is 12.0. The molecule has 0 unspecified atom stereocenters. The van der Waals surface area contributed by atoms with Crippen molar-refractivity contribution in [2.45, 2.75) is 13.3 Å². The van der Waals surface area contributed by atoms with Gasteiger partial charge in [0.25, 0.3) is 0 Å². The van der Waals surface area contributed by atoms with Crippen molar-refractivity contribution in [2.24, 2.45) is 0 Å². The van der Waals surface area contributed by atoms with E-state index in [4.69, 9.17) is 16.3 Å². The van der Waals surface area contributed by atoms with Crippen molar-refractivity contribution in [3.8, 4) is 5.75 Å². The summed E-state index contributed by atoms with van der Waals surface area (Å²) in [6, 6.07) is 3.88. The average Bonchev–Trinajstić information content (AvgIpc) is 2.18. The Bertz CT molecular complexity index is 352. The van der Waals surface area contributed by atoms with Crippen LogP contribution in [0.5, 0.6) is 5.75 Å². The second-order valence-corrected chi connectivity index (χ2v) is 3.47. The summed E-state index contributed by atoms with van der Waals surface area (Å²) in [5.41, 5.74) is 0.394. The number of halogens is 2. The Morgan fingerprint density at radius 1 is 1.53 bits per heavy atom. The lowest BCUT2D eigenvalue weighted by Gasteiger charge is -2.08. The molecule has 0 spiro atoms. The van der Waals surface area contributed by atoms with E-state index in [-0.39, 0.29) is 11.5 Å². The number of carbonyl (C=O) groups is 1. The zero-order valence-corrected chi connectivity index (χ0v) is 9.18. The second kappa shape index (κ2) is 5.71. The highest BCUT2D eigenvalue weighted by molar-refractivity contribution is 6.17. The largest absolute Gasteiger partial charge is 0.493 e. The highest BCUT2D eigenvalue weighted by atomic mass is 35.5. The number of Topliss-reactive ketones (excluding diaryl/α,β-unsaturated/α-hetero) is 1. The lowest BCUT2D eigenvalue weighted by atomic mass is 10.1. The molecule has 0 aliphatic rings. The molecule has 0 amide bonds. The zero-order chi connectivity index (χ0) is 11.3. The minimum absolute atomic E-state index is 0.143. The first-order chi connectivity index (χ1) is 7.15. The minimum atomic E-state index is -0.416. The van der Waals surface area contributed by atoms with Crippen LogP contribution >= 0.6 is 11.6 Å². The predicted octanol–water partition coefficient (Wildman–Crippen LogP) is 3.04. The molecule has 0 saturated heterocycles. The normalized spacial score (nSPS) is 10.1. The van der Waals surface area contributed by atoms with E-state index in [1.165, 1.54) is 25.1 Å². The van der Waals surface area contributed by atoms with Crippen molar-refractivity contribution in [3.63, 3.8) is 0 Å². The van der Waals surface area contributed by atoms with E-state index in [0.29, 0.717) is 24.5 Å². The van der Waals surface area contributed by atoms with Crippen LogP contribution in [0.1, 0.15) is 23.7 Å². The van der Waals surface area contributed by atoms with E-state index in [9.17, 15) is 9.18 Å². The van der Waals surface area contributed by atoms with Crippen molar-refractivity contribution in [3.05, 3.63) is 29.6 Å². The van der Waals surface area contributed by atoms with Crippen LogP contribution in [0.25, 0.3) is 0 Å². The van der Waals surface area contributed by atoms with Crippen LogP contribution in [0, 0.1) is 5.82 Å². The fourth-order valence-corrected chi connectivity index (χ4v) is 1.25. The van der Waals surface area contributed by atoms with Gasteiger partial charge in [-0.2, -0.15) is 0 Å². The van der Waals surface area contributed by atoms with Gasteiger partial charge in [-0.3, -0.25) is 4.79 Å². The van der Waals surface area contributed by atoms with E-state index in [1.807, 2.05) is 0 Å². The van der Waals surface area contributed by atoms with Crippen LogP contribution in [0.4, 0.5) is 4.39 Å². The molecule has 15 heavy (non-hydrogen) atoms. The number of hydrogen-bond donors (Lipinski definition) is 0. The summed E-state index contributed by atoms with van der Waals surface area (Å²) in [4.78, 5) is 11.2. The van der Waals surface area contributed by atoms with Gasteiger partial charge in [0.05, 0.1) is 12.2 Å². The third-order valence-electron chi connectivity index (χ3n) is 1.86. The molecule has 0 N–H and O–H groups in total. The van der Waals surface area contributed by atoms with Gasteiger partial charge < -0.3 is 4.74 Å². The summed E-state index contributed by atoms with van der Waals surface area (Å²) < 4.78 is 18.2. The molecule has 0 saturated carbocycles. The van der Waals surface area contributed by atoms with E-state index in [1.54, 1.807) is 0 Å². The minimum Gasteiger partial charge on any atom is -0.493 e. The van der Waals surface area contributed by atoms with Crippen LogP contribution < -0.4 is 4.74 Å². The summed E-state index contributed by atoms with van der Waals surface area (Å²) in [7, 11) is 0. The number of carbonyl (C=O) groups excluding carboxylic acids is 1. The SMILES string of the molecule is CC(=O)c1ccc(F)cc1OCCCCl. The van der Waals surface area contributed by atoms with E-state index in [0.717, 1.165) is 0 Å². The monoisotopic (exact) mass is 230 g/mol. The first-order valence-electron chi connectivity index (χ1n) is 4.64. The lowest BCUT2D eigenvalue weighted by molar-refractivity contribution is 0.101. The first-order valence-corrected chi connectivity index (χ1v) is 5.18. The zero-order valence-electron chi connectivity index (χ0n) is 8.43. The Labute approximate surface area is 93.0 Å². The summed E-state index contributed by atoms with van der Waals surface area (Å²) >= 11 is 5.48. The van der Waals surface area contributed by atoms with E-state index in [2.05, 4.69) is 0 Å². The highest BCUT2D eigenvalue weighted by Crippen LogP contribution is 2.20. The molecule has 0 radical (unpaired) electrons. The van der Waals surface area contributed by atoms with Gasteiger partial charge in [-0.15, -0.1) is 11.6 Å². The smallest absolute Gasteiger partial charge is 0.163 e. The van der Waals surface area contributed by atoms with Gasteiger partial charge in [-0.25, -0.2) is 4.39 Å². The molecule has 1 rings (SSSR count). The van der Waals surface area contributed by atoms with Gasteiger partial charge in [0, 0.05) is 11.9 Å². The van der Waals surface area contributed by atoms with Crippen LogP contribution in [-0.2, 0) is 0 Å². The number of hydrogen-bond acceptors (Lipinski definition) is 2. The molecule has 0 aromatic heterocycles. The molecule has 0 heterocycles. The van der Waals surface area contributed by atoms with Crippen LogP contribution in [0.15, 0.2) is 18.2 Å². The number of rotatable bonds is 5. The Hall–Kier alpha value is -1.09. The maximum atomic E-state index is 12.9. The molecule has 0 aliphatic carbocycles. The van der Waals surface area contributed by atoms with Gasteiger partial charge >= 0.3 is 0 Å². The van der Waals surface area contributed by atoms with Crippen LogP contribution in [0.3, 0.4) is 0 Å². The predicted molar refractivity (Wildman–Crippen MR) is 57.2 cm³/mol. The molecule has 82 valence electrons. The van der Waals surface area contributed by atoms with Gasteiger partial charge in [0.2, 0.25) is 0 Å². The van der Waals surface area contributed by atoms with Crippen molar-refractivity contribution >= 4 is 17.4 Å². The quantitative estimate of drug-likeness (QED) is 0.442. The van der Waals surface area contributed by atoms with Gasteiger partial charge in [0.15, 0.2) is 5.78 Å². The molecule has 4 heteroatoms. The Morgan fingerprint density at radius 3 is 2.87 bits per heavy atom. The summed E-state index contributed by atoms with van der Waals surface area (Å²) in [6.07, 6.45) is 0.662. The standard InChI is InChI=1S/C11H12ClFO2/c1-8(14)10-4-3-9(13)7-11(10)15-6-2-5-12/h3-4,7H,2,5-6H2,1H3. The molecule has 0 atom stereocenters. The molecule has 0 fully saturated rings. The van der Waals surface area contributed by atoms with Crippen LogP contribution in [-0.4, -0.2) is 18.3 Å². The van der Waals surface area contributed by atoms with Crippen molar-refractivity contribution < 1.29 is 13.9 Å². The fraction of sp³-hybridized carbons (Fsp3) is 0.364. The van der Waals surface area contributed by atoms with E-state index >= 15 is 0 Å². The average molecular weight is 231 g/mol. The number of alkyl halides is 1. The summed E-state index contributed by atoms with van der Waals surface area (Å²) in [6.45, 7) is 1.80. The second-order valence-electron chi connectivity index (χ2n) is 3.09. The van der Waals surface area contributed by atoms with Crippen LogP contribution in [0.2, 0.25) is 0 Å². The van der Waals surface area contributed by atoms with E-state index < -0.39 is 5.82 Å². The number of benzene rings is 1. The Kier molecular flexibility index (Phi) is 4.56. The highest BCUT2D eigenvalue weighted by Gasteiger charge is 2.09. The molecule has 1 aromatic rings. The van der Waals surface area contributed by atoms with Gasteiger partial charge in [-0.1, -0.05) is 0 Å². The molecule has 0 aliphatic heterocycles.